The maximum Gasteiger partial charge on any atom is 0.331 e. The van der Waals surface area contributed by atoms with E-state index in [1.54, 1.807) is 25.1 Å². The quantitative estimate of drug-likeness (QED) is 0.570. The summed E-state index contributed by atoms with van der Waals surface area (Å²) in [6.07, 6.45) is 1.58. The first-order valence-corrected chi connectivity index (χ1v) is 7.60. The summed E-state index contributed by atoms with van der Waals surface area (Å²) in [5, 5.41) is 4.47. The minimum absolute atomic E-state index is 0.376. The molecule has 3 amide bonds. The number of nitrogens with one attached hydrogen (secondary N) is 2. The number of carbonyl (C=O) groups is 3. The van der Waals surface area contributed by atoms with E-state index in [1.165, 1.54) is 33.3 Å². The largest absolute Gasteiger partial charge is 0.493 e. The molecular formula is C17H22N2O6. The molecule has 25 heavy (non-hydrogen) atoms. The standard InChI is InChI=1S/C17H22N2O6/c1-5-18-17(22)19-16(21)11(2)25-15(20)9-7-12-6-8-13(23-3)14(10-12)24-4/h6-11H,5H2,1-4H3,(H2,18,19,21,22)/b9-7+/t11-/m1/s1. The van der Waals surface area contributed by atoms with Crippen LogP contribution in [0.3, 0.4) is 0 Å². The van der Waals surface area contributed by atoms with Crippen LogP contribution < -0.4 is 20.1 Å². The summed E-state index contributed by atoms with van der Waals surface area (Å²) < 4.78 is 15.2. The van der Waals surface area contributed by atoms with Gasteiger partial charge in [0, 0.05) is 12.6 Å². The fourth-order valence-corrected chi connectivity index (χ4v) is 1.81. The molecule has 8 heteroatoms. The first-order chi connectivity index (χ1) is 11.9. The number of imide groups is 1. The molecule has 0 spiro atoms. The van der Waals surface area contributed by atoms with E-state index in [4.69, 9.17) is 14.2 Å². The van der Waals surface area contributed by atoms with Crippen molar-refractivity contribution in [1.29, 1.82) is 0 Å². The van der Waals surface area contributed by atoms with Crippen LogP contribution in [0.5, 0.6) is 11.5 Å². The maximum atomic E-state index is 11.8. The Morgan fingerprint density at radius 1 is 1.16 bits per heavy atom. The van der Waals surface area contributed by atoms with Gasteiger partial charge in [-0.15, -0.1) is 0 Å². The Morgan fingerprint density at radius 3 is 2.44 bits per heavy atom. The topological polar surface area (TPSA) is 103 Å². The summed E-state index contributed by atoms with van der Waals surface area (Å²) in [5.74, 6) is -0.335. The van der Waals surface area contributed by atoms with Gasteiger partial charge >= 0.3 is 12.0 Å². The van der Waals surface area contributed by atoms with Crippen molar-refractivity contribution in [2.75, 3.05) is 20.8 Å². The fourth-order valence-electron chi connectivity index (χ4n) is 1.81. The Hall–Kier alpha value is -3.03. The summed E-state index contributed by atoms with van der Waals surface area (Å²) in [6.45, 7) is 3.46. The van der Waals surface area contributed by atoms with Crippen LogP contribution in [0.4, 0.5) is 4.79 Å². The molecule has 0 aliphatic rings. The number of carbonyl (C=O) groups excluding carboxylic acids is 3. The summed E-state index contributed by atoms with van der Waals surface area (Å²) in [5.41, 5.74) is 0.689. The lowest BCUT2D eigenvalue weighted by Gasteiger charge is -2.11. The van der Waals surface area contributed by atoms with Crippen molar-refractivity contribution in [3.05, 3.63) is 29.8 Å². The van der Waals surface area contributed by atoms with Gasteiger partial charge in [-0.3, -0.25) is 10.1 Å². The van der Waals surface area contributed by atoms with Crippen LogP contribution in [0, 0.1) is 0 Å². The first-order valence-electron chi connectivity index (χ1n) is 7.60. The number of methoxy groups -OCH3 is 2. The molecule has 0 fully saturated rings. The SMILES string of the molecule is CCNC(=O)NC(=O)[C@@H](C)OC(=O)/C=C/c1ccc(OC)c(OC)c1. The van der Waals surface area contributed by atoms with E-state index in [1.807, 2.05) is 0 Å². The lowest BCUT2D eigenvalue weighted by Crippen LogP contribution is -2.44. The highest BCUT2D eigenvalue weighted by Gasteiger charge is 2.18. The third-order valence-electron chi connectivity index (χ3n) is 3.06. The third-order valence-corrected chi connectivity index (χ3v) is 3.06. The van der Waals surface area contributed by atoms with Gasteiger partial charge in [0.25, 0.3) is 5.91 Å². The molecule has 1 aromatic carbocycles. The molecule has 0 aliphatic heterocycles. The van der Waals surface area contributed by atoms with Gasteiger partial charge in [-0.25, -0.2) is 9.59 Å². The average molecular weight is 350 g/mol. The molecule has 2 N–H and O–H groups in total. The van der Waals surface area contributed by atoms with E-state index in [2.05, 4.69) is 10.6 Å². The van der Waals surface area contributed by atoms with Gasteiger partial charge in [0.05, 0.1) is 14.2 Å². The molecule has 1 rings (SSSR count). The Kier molecular flexibility index (Phi) is 7.98. The van der Waals surface area contributed by atoms with Crippen molar-refractivity contribution in [3.63, 3.8) is 0 Å². The predicted molar refractivity (Wildman–Crippen MR) is 91.3 cm³/mol. The molecule has 0 aliphatic carbocycles. The molecule has 0 bridgehead atoms. The number of hydrogen-bond acceptors (Lipinski definition) is 6. The highest BCUT2D eigenvalue weighted by molar-refractivity contribution is 5.98. The maximum absolute atomic E-state index is 11.8. The molecule has 0 saturated heterocycles. The number of urea groups is 1. The van der Waals surface area contributed by atoms with Crippen LogP contribution in [0.1, 0.15) is 19.4 Å². The first kappa shape index (κ1) is 20.0. The molecule has 1 atom stereocenters. The molecule has 0 aromatic heterocycles. The second-order valence-corrected chi connectivity index (χ2v) is 4.88. The molecule has 0 heterocycles. The molecule has 1 aromatic rings. The van der Waals surface area contributed by atoms with Crippen LogP contribution >= 0.6 is 0 Å². The van der Waals surface area contributed by atoms with Gasteiger partial charge in [0.15, 0.2) is 17.6 Å². The number of esters is 1. The second-order valence-electron chi connectivity index (χ2n) is 4.88. The minimum atomic E-state index is -1.11. The Labute approximate surface area is 146 Å². The molecule has 8 nitrogen and oxygen atoms in total. The number of amides is 3. The highest BCUT2D eigenvalue weighted by Crippen LogP contribution is 2.27. The smallest absolute Gasteiger partial charge is 0.331 e. The second kappa shape index (κ2) is 9.96. The van der Waals surface area contributed by atoms with Crippen LogP contribution in [0.15, 0.2) is 24.3 Å². The van der Waals surface area contributed by atoms with Crippen molar-refractivity contribution in [3.8, 4) is 11.5 Å². The Morgan fingerprint density at radius 2 is 1.84 bits per heavy atom. The van der Waals surface area contributed by atoms with Gasteiger partial charge in [0.1, 0.15) is 0 Å². The van der Waals surface area contributed by atoms with Crippen LogP contribution in [0.25, 0.3) is 6.08 Å². The van der Waals surface area contributed by atoms with Gasteiger partial charge < -0.3 is 19.5 Å². The summed E-state index contributed by atoms with van der Waals surface area (Å²) in [7, 11) is 3.03. The Bertz CT molecular complexity index is 657. The zero-order chi connectivity index (χ0) is 18.8. The monoisotopic (exact) mass is 350 g/mol. The van der Waals surface area contributed by atoms with E-state index in [-0.39, 0.29) is 0 Å². The zero-order valence-corrected chi connectivity index (χ0v) is 14.6. The van der Waals surface area contributed by atoms with E-state index in [0.717, 1.165) is 0 Å². The number of ether oxygens (including phenoxy) is 3. The zero-order valence-electron chi connectivity index (χ0n) is 14.6. The Balaban J connectivity index is 2.62. The van der Waals surface area contributed by atoms with Crippen molar-refractivity contribution in [2.45, 2.75) is 20.0 Å². The van der Waals surface area contributed by atoms with Crippen LogP contribution in [-0.2, 0) is 14.3 Å². The van der Waals surface area contributed by atoms with Crippen LogP contribution in [0.2, 0.25) is 0 Å². The van der Waals surface area contributed by atoms with Gasteiger partial charge in [-0.2, -0.15) is 0 Å². The van der Waals surface area contributed by atoms with Crippen LogP contribution in [-0.4, -0.2) is 44.8 Å². The number of rotatable bonds is 7. The summed E-state index contributed by atoms with van der Waals surface area (Å²) >= 11 is 0. The average Bonchev–Trinajstić information content (AvgIpc) is 2.59. The number of benzene rings is 1. The lowest BCUT2D eigenvalue weighted by atomic mass is 10.2. The molecule has 0 unspecified atom stereocenters. The molecule has 0 saturated carbocycles. The summed E-state index contributed by atoms with van der Waals surface area (Å²) in [4.78, 5) is 34.7. The normalized spacial score (nSPS) is 11.5. The fraction of sp³-hybridized carbons (Fsp3) is 0.353. The van der Waals surface area contributed by atoms with E-state index in [0.29, 0.717) is 23.6 Å². The molecule has 0 radical (unpaired) electrons. The van der Waals surface area contributed by atoms with E-state index < -0.39 is 24.0 Å². The summed E-state index contributed by atoms with van der Waals surface area (Å²) in [6, 6.07) is 4.48. The van der Waals surface area contributed by atoms with Gasteiger partial charge in [-0.1, -0.05) is 6.07 Å². The molecular weight excluding hydrogens is 328 g/mol. The third kappa shape index (κ3) is 6.54. The van der Waals surface area contributed by atoms with Gasteiger partial charge in [-0.05, 0) is 37.6 Å². The predicted octanol–water partition coefficient (Wildman–Crippen LogP) is 1.49. The van der Waals surface area contributed by atoms with Crippen molar-refractivity contribution in [1.82, 2.24) is 10.6 Å². The van der Waals surface area contributed by atoms with Gasteiger partial charge in [0.2, 0.25) is 0 Å². The van der Waals surface area contributed by atoms with E-state index >= 15 is 0 Å². The minimum Gasteiger partial charge on any atom is -0.493 e. The molecule has 136 valence electrons. The van der Waals surface area contributed by atoms with Crippen molar-refractivity contribution in [2.24, 2.45) is 0 Å². The number of hydrogen-bond donors (Lipinski definition) is 2. The van der Waals surface area contributed by atoms with Crippen molar-refractivity contribution >= 4 is 24.0 Å². The van der Waals surface area contributed by atoms with E-state index in [9.17, 15) is 14.4 Å². The highest BCUT2D eigenvalue weighted by atomic mass is 16.5. The van der Waals surface area contributed by atoms with Crippen molar-refractivity contribution < 1.29 is 28.6 Å². The lowest BCUT2D eigenvalue weighted by molar-refractivity contribution is -0.149.